The van der Waals surface area contributed by atoms with Gasteiger partial charge in [-0.1, -0.05) is 0 Å². The van der Waals surface area contributed by atoms with E-state index >= 15 is 0 Å². The first kappa shape index (κ1) is 14.0. The molecule has 1 aliphatic heterocycles. The molecule has 1 fully saturated rings. The normalized spacial score (nSPS) is 18.2. The summed E-state index contributed by atoms with van der Waals surface area (Å²) in [6, 6.07) is 0. The Kier molecular flexibility index (Phi) is 4.50. The lowest BCUT2D eigenvalue weighted by Gasteiger charge is -2.34. The van der Waals surface area contributed by atoms with Gasteiger partial charge in [-0.3, -0.25) is 14.5 Å². The van der Waals surface area contributed by atoms with Gasteiger partial charge in [0.05, 0.1) is 13.0 Å². The smallest absolute Gasteiger partial charge is 0.340 e. The third-order valence-electron chi connectivity index (χ3n) is 2.53. The minimum absolute atomic E-state index is 0.167. The second-order valence-corrected chi connectivity index (χ2v) is 4.15. The van der Waals surface area contributed by atoms with Crippen LogP contribution in [0.15, 0.2) is 0 Å². The Morgan fingerprint density at radius 2 is 1.65 bits per heavy atom. The van der Waals surface area contributed by atoms with Gasteiger partial charge in [-0.15, -0.1) is 0 Å². The maximum Gasteiger partial charge on any atom is 0.401 e. The van der Waals surface area contributed by atoms with Crippen molar-refractivity contribution in [1.82, 2.24) is 9.80 Å². The summed E-state index contributed by atoms with van der Waals surface area (Å²) < 4.78 is 36.3. The Labute approximate surface area is 97.4 Å². The Balaban J connectivity index is 2.35. The van der Waals surface area contributed by atoms with Gasteiger partial charge in [0, 0.05) is 26.2 Å². The highest BCUT2D eigenvalue weighted by Gasteiger charge is 2.32. The molecule has 17 heavy (non-hydrogen) atoms. The average molecular weight is 252 g/mol. The predicted octanol–water partition coefficient (Wildman–Crippen LogP) is 0.672. The molecule has 0 saturated carbocycles. The minimum Gasteiger partial charge on any atom is -0.340 e. The molecule has 0 aliphatic carbocycles. The molecule has 4 nitrogen and oxygen atoms in total. The van der Waals surface area contributed by atoms with Gasteiger partial charge in [-0.05, 0) is 6.92 Å². The van der Waals surface area contributed by atoms with E-state index in [-0.39, 0.29) is 44.3 Å². The number of rotatable bonds is 3. The summed E-state index contributed by atoms with van der Waals surface area (Å²) in [7, 11) is 0. The van der Waals surface area contributed by atoms with Crippen LogP contribution >= 0.6 is 0 Å². The highest BCUT2D eigenvalue weighted by atomic mass is 19.4. The number of hydrogen-bond donors (Lipinski definition) is 0. The molecule has 0 aromatic heterocycles. The minimum atomic E-state index is -4.20. The fourth-order valence-corrected chi connectivity index (χ4v) is 1.73. The number of halogens is 3. The molecule has 0 atom stereocenters. The first-order valence-electron chi connectivity index (χ1n) is 5.34. The molecule has 0 radical (unpaired) electrons. The fraction of sp³-hybridized carbons (Fsp3) is 0.800. The molecular weight excluding hydrogens is 237 g/mol. The summed E-state index contributed by atoms with van der Waals surface area (Å²) >= 11 is 0. The zero-order valence-corrected chi connectivity index (χ0v) is 9.59. The van der Waals surface area contributed by atoms with Crippen molar-refractivity contribution in [1.29, 1.82) is 0 Å². The number of carbonyl (C=O) groups is 2. The molecule has 1 aliphatic rings. The molecule has 1 rings (SSSR count). The van der Waals surface area contributed by atoms with Crippen molar-refractivity contribution in [3.05, 3.63) is 0 Å². The maximum atomic E-state index is 12.1. The third kappa shape index (κ3) is 5.16. The van der Waals surface area contributed by atoms with Crippen LogP contribution in [0.3, 0.4) is 0 Å². The zero-order valence-electron chi connectivity index (χ0n) is 9.59. The number of hydrogen-bond acceptors (Lipinski definition) is 3. The van der Waals surface area contributed by atoms with Gasteiger partial charge in [0.15, 0.2) is 0 Å². The SMILES string of the molecule is CC(=O)CC(=O)N1CCN(CC(F)(F)F)CC1. The van der Waals surface area contributed by atoms with E-state index in [9.17, 15) is 22.8 Å². The van der Waals surface area contributed by atoms with Crippen LogP contribution < -0.4 is 0 Å². The van der Waals surface area contributed by atoms with Crippen LogP contribution in [-0.4, -0.2) is 60.4 Å². The van der Waals surface area contributed by atoms with E-state index in [4.69, 9.17) is 0 Å². The Hall–Kier alpha value is -1.11. The number of amides is 1. The third-order valence-corrected chi connectivity index (χ3v) is 2.53. The first-order chi connectivity index (χ1) is 7.78. The monoisotopic (exact) mass is 252 g/mol. The Morgan fingerprint density at radius 3 is 2.06 bits per heavy atom. The van der Waals surface area contributed by atoms with Crippen molar-refractivity contribution >= 4 is 11.7 Å². The second kappa shape index (κ2) is 5.48. The van der Waals surface area contributed by atoms with Gasteiger partial charge in [0.25, 0.3) is 0 Å². The number of carbonyl (C=O) groups excluding carboxylic acids is 2. The largest absolute Gasteiger partial charge is 0.401 e. The number of ketones is 1. The number of piperazine rings is 1. The van der Waals surface area contributed by atoms with E-state index in [1.54, 1.807) is 0 Å². The summed E-state index contributed by atoms with van der Waals surface area (Å²) in [4.78, 5) is 24.9. The molecule has 0 unspecified atom stereocenters. The van der Waals surface area contributed by atoms with Crippen LogP contribution in [0.25, 0.3) is 0 Å². The zero-order chi connectivity index (χ0) is 13.1. The van der Waals surface area contributed by atoms with Crippen molar-refractivity contribution < 1.29 is 22.8 Å². The van der Waals surface area contributed by atoms with Crippen LogP contribution in [-0.2, 0) is 9.59 Å². The topological polar surface area (TPSA) is 40.6 Å². The van der Waals surface area contributed by atoms with Gasteiger partial charge < -0.3 is 4.90 Å². The molecule has 0 spiro atoms. The molecule has 0 bridgehead atoms. The van der Waals surface area contributed by atoms with E-state index in [2.05, 4.69) is 0 Å². The number of alkyl halides is 3. The van der Waals surface area contributed by atoms with Crippen LogP contribution in [0.4, 0.5) is 13.2 Å². The molecule has 1 amide bonds. The molecule has 98 valence electrons. The first-order valence-corrected chi connectivity index (χ1v) is 5.34. The Morgan fingerprint density at radius 1 is 1.12 bits per heavy atom. The molecule has 1 saturated heterocycles. The number of Topliss-reactive ketones (excluding diaryl/α,β-unsaturated/α-hetero) is 1. The quantitative estimate of drug-likeness (QED) is 0.693. The molecule has 0 N–H and O–H groups in total. The summed E-state index contributed by atoms with van der Waals surface area (Å²) in [5.74, 6) is -0.531. The van der Waals surface area contributed by atoms with Gasteiger partial charge >= 0.3 is 6.18 Å². The van der Waals surface area contributed by atoms with E-state index in [1.165, 1.54) is 16.7 Å². The molecular formula is C10H15F3N2O2. The molecule has 7 heteroatoms. The van der Waals surface area contributed by atoms with E-state index in [0.717, 1.165) is 0 Å². The molecule has 0 aromatic carbocycles. The summed E-state index contributed by atoms with van der Waals surface area (Å²) in [5.41, 5.74) is 0. The van der Waals surface area contributed by atoms with Crippen molar-refractivity contribution in [3.8, 4) is 0 Å². The highest BCUT2D eigenvalue weighted by molar-refractivity contribution is 5.96. The van der Waals surface area contributed by atoms with Gasteiger partial charge in [0.1, 0.15) is 5.78 Å². The molecule has 0 aromatic rings. The highest BCUT2D eigenvalue weighted by Crippen LogP contribution is 2.17. The van der Waals surface area contributed by atoms with E-state index in [1.807, 2.05) is 0 Å². The van der Waals surface area contributed by atoms with Crippen LogP contribution in [0.5, 0.6) is 0 Å². The van der Waals surface area contributed by atoms with Crippen molar-refractivity contribution in [2.24, 2.45) is 0 Å². The number of nitrogens with zero attached hydrogens (tertiary/aromatic N) is 2. The fourth-order valence-electron chi connectivity index (χ4n) is 1.73. The average Bonchev–Trinajstić information content (AvgIpc) is 2.15. The van der Waals surface area contributed by atoms with Crippen LogP contribution in [0, 0.1) is 0 Å². The Bertz CT molecular complexity index is 296. The lowest BCUT2D eigenvalue weighted by Crippen LogP contribution is -2.51. The predicted molar refractivity (Wildman–Crippen MR) is 54.4 cm³/mol. The van der Waals surface area contributed by atoms with Gasteiger partial charge in [-0.25, -0.2) is 0 Å². The van der Waals surface area contributed by atoms with Gasteiger partial charge in [0.2, 0.25) is 5.91 Å². The van der Waals surface area contributed by atoms with E-state index < -0.39 is 12.7 Å². The van der Waals surface area contributed by atoms with Gasteiger partial charge in [-0.2, -0.15) is 13.2 Å². The summed E-state index contributed by atoms with van der Waals surface area (Å²) in [5, 5.41) is 0. The van der Waals surface area contributed by atoms with Crippen LogP contribution in [0.1, 0.15) is 13.3 Å². The lowest BCUT2D eigenvalue weighted by atomic mass is 10.2. The summed E-state index contributed by atoms with van der Waals surface area (Å²) in [6.45, 7) is 1.27. The standard InChI is InChI=1S/C10H15F3N2O2/c1-8(16)6-9(17)15-4-2-14(3-5-15)7-10(11,12)13/h2-7H2,1H3. The van der Waals surface area contributed by atoms with Crippen LogP contribution in [0.2, 0.25) is 0 Å². The van der Waals surface area contributed by atoms with Crippen molar-refractivity contribution in [3.63, 3.8) is 0 Å². The van der Waals surface area contributed by atoms with E-state index in [0.29, 0.717) is 0 Å². The second-order valence-electron chi connectivity index (χ2n) is 4.15. The van der Waals surface area contributed by atoms with Crippen molar-refractivity contribution in [2.45, 2.75) is 19.5 Å². The maximum absolute atomic E-state index is 12.1. The lowest BCUT2D eigenvalue weighted by molar-refractivity contribution is -0.151. The van der Waals surface area contributed by atoms with Crippen molar-refractivity contribution in [2.75, 3.05) is 32.7 Å². The molecule has 1 heterocycles. The summed E-state index contributed by atoms with van der Waals surface area (Å²) in [6.07, 6.45) is -4.37.